The molecule has 1 fully saturated rings. The summed E-state index contributed by atoms with van der Waals surface area (Å²) in [5, 5.41) is 5.46. The lowest BCUT2D eigenvalue weighted by Crippen LogP contribution is -2.05. The van der Waals surface area contributed by atoms with Crippen molar-refractivity contribution in [3.8, 4) is 10.7 Å². The Morgan fingerprint density at radius 2 is 2.28 bits per heavy atom. The summed E-state index contributed by atoms with van der Waals surface area (Å²) in [7, 11) is 0. The largest absolute Gasteiger partial charge is 0.365 e. The van der Waals surface area contributed by atoms with Gasteiger partial charge in [0.2, 0.25) is 0 Å². The van der Waals surface area contributed by atoms with E-state index in [2.05, 4.69) is 25.3 Å². The maximum absolute atomic E-state index is 4.61. The summed E-state index contributed by atoms with van der Waals surface area (Å²) in [5.41, 5.74) is 1.61. The summed E-state index contributed by atoms with van der Waals surface area (Å²) in [6, 6.07) is 4.59. The predicted octanol–water partition coefficient (Wildman–Crippen LogP) is 2.66. The number of hydrogen-bond acceptors (Lipinski definition) is 5. The van der Waals surface area contributed by atoms with E-state index in [4.69, 9.17) is 0 Å². The molecule has 0 aromatic carbocycles. The molecule has 3 aromatic heterocycles. The molecular weight excluding hydrogens is 246 g/mol. The van der Waals surface area contributed by atoms with Crippen molar-refractivity contribution >= 4 is 28.3 Å². The first kappa shape index (κ1) is 10.0. The van der Waals surface area contributed by atoms with Crippen molar-refractivity contribution in [3.63, 3.8) is 0 Å². The van der Waals surface area contributed by atoms with Crippen molar-refractivity contribution in [2.75, 3.05) is 5.32 Å². The van der Waals surface area contributed by atoms with Crippen LogP contribution >= 0.6 is 11.3 Å². The fourth-order valence-corrected chi connectivity index (χ4v) is 2.53. The molecule has 1 aliphatic carbocycles. The van der Waals surface area contributed by atoms with E-state index in [1.165, 1.54) is 12.8 Å². The van der Waals surface area contributed by atoms with Gasteiger partial charge in [-0.15, -0.1) is 11.3 Å². The maximum atomic E-state index is 4.61. The number of rotatable bonds is 3. The minimum absolute atomic E-state index is 0.558. The second-order valence-electron chi connectivity index (χ2n) is 4.39. The number of thiophene rings is 1. The van der Waals surface area contributed by atoms with Gasteiger partial charge in [0.1, 0.15) is 5.52 Å². The van der Waals surface area contributed by atoms with Gasteiger partial charge < -0.3 is 10.3 Å². The minimum Gasteiger partial charge on any atom is -0.365 e. The van der Waals surface area contributed by atoms with Gasteiger partial charge >= 0.3 is 0 Å². The van der Waals surface area contributed by atoms with Crippen LogP contribution in [0, 0.1) is 0 Å². The lowest BCUT2D eigenvalue weighted by atomic mass is 10.4. The van der Waals surface area contributed by atoms with Crippen LogP contribution in [0.15, 0.2) is 23.8 Å². The monoisotopic (exact) mass is 257 g/mol. The molecule has 0 amide bonds. The first-order valence-corrected chi connectivity index (χ1v) is 6.79. The Balaban J connectivity index is 1.88. The lowest BCUT2D eigenvalue weighted by Gasteiger charge is -2.06. The van der Waals surface area contributed by atoms with Crippen LogP contribution < -0.4 is 5.32 Å². The SMILES string of the molecule is c1csc(-c2nc(NC3CC3)c3[nH]cnc3n2)c1. The molecule has 0 aliphatic heterocycles. The topological polar surface area (TPSA) is 66.5 Å². The Morgan fingerprint density at radius 3 is 3.06 bits per heavy atom. The molecule has 6 heteroatoms. The number of anilines is 1. The number of aromatic nitrogens is 4. The smallest absolute Gasteiger partial charge is 0.183 e. The molecule has 4 rings (SSSR count). The Kier molecular flexibility index (Phi) is 2.10. The number of H-pyrrole nitrogens is 1. The van der Waals surface area contributed by atoms with Crippen molar-refractivity contribution in [2.24, 2.45) is 0 Å². The predicted molar refractivity (Wildman–Crippen MR) is 71.6 cm³/mol. The number of nitrogens with one attached hydrogen (secondary N) is 2. The maximum Gasteiger partial charge on any atom is 0.183 e. The molecule has 3 heterocycles. The van der Waals surface area contributed by atoms with Crippen molar-refractivity contribution in [2.45, 2.75) is 18.9 Å². The van der Waals surface area contributed by atoms with Gasteiger partial charge in [0.15, 0.2) is 17.3 Å². The number of aromatic amines is 1. The van der Waals surface area contributed by atoms with Gasteiger partial charge in [0, 0.05) is 6.04 Å². The van der Waals surface area contributed by atoms with E-state index < -0.39 is 0 Å². The molecule has 0 radical (unpaired) electrons. The number of hydrogen-bond donors (Lipinski definition) is 2. The van der Waals surface area contributed by atoms with E-state index >= 15 is 0 Å². The van der Waals surface area contributed by atoms with Crippen LogP contribution in [0.4, 0.5) is 5.82 Å². The fourth-order valence-electron chi connectivity index (χ4n) is 1.87. The summed E-state index contributed by atoms with van der Waals surface area (Å²) in [4.78, 5) is 17.5. The Labute approximate surface area is 107 Å². The molecule has 18 heavy (non-hydrogen) atoms. The van der Waals surface area contributed by atoms with E-state index in [0.717, 1.165) is 27.7 Å². The van der Waals surface area contributed by atoms with E-state index in [1.807, 2.05) is 17.5 Å². The second-order valence-corrected chi connectivity index (χ2v) is 5.34. The highest BCUT2D eigenvalue weighted by Crippen LogP contribution is 2.29. The standard InChI is InChI=1S/C12H11N5S/c1-2-8(18-5-1)10-16-11-9(13-6-14-11)12(17-10)15-7-3-4-7/h1-2,5-7H,3-4H2,(H2,13,14,15,16,17). The second kappa shape index (κ2) is 3.78. The third kappa shape index (κ3) is 1.65. The molecule has 5 nitrogen and oxygen atoms in total. The van der Waals surface area contributed by atoms with Crippen LogP contribution in [0.2, 0.25) is 0 Å². The molecule has 1 aliphatic rings. The van der Waals surface area contributed by atoms with Gasteiger partial charge in [0.05, 0.1) is 11.2 Å². The quantitative estimate of drug-likeness (QED) is 0.757. The third-order valence-corrected chi connectivity index (χ3v) is 3.81. The number of fused-ring (bicyclic) bond motifs is 1. The molecule has 1 saturated carbocycles. The molecule has 2 N–H and O–H groups in total. The first-order chi connectivity index (χ1) is 8.90. The zero-order chi connectivity index (χ0) is 11.9. The summed E-state index contributed by atoms with van der Waals surface area (Å²) in [6.07, 6.45) is 4.09. The summed E-state index contributed by atoms with van der Waals surface area (Å²) in [6.45, 7) is 0. The highest BCUT2D eigenvalue weighted by Gasteiger charge is 2.23. The van der Waals surface area contributed by atoms with Gasteiger partial charge in [-0.05, 0) is 24.3 Å². The molecular formula is C12H11N5S. The Bertz CT molecular complexity index is 684. The minimum atomic E-state index is 0.558. The molecule has 90 valence electrons. The number of imidazole rings is 1. The van der Waals surface area contributed by atoms with Crippen LogP contribution in [0.1, 0.15) is 12.8 Å². The van der Waals surface area contributed by atoms with Crippen molar-refractivity contribution in [3.05, 3.63) is 23.8 Å². The van der Waals surface area contributed by atoms with Crippen LogP contribution in [-0.4, -0.2) is 26.0 Å². The van der Waals surface area contributed by atoms with Crippen LogP contribution in [-0.2, 0) is 0 Å². The van der Waals surface area contributed by atoms with E-state index in [0.29, 0.717) is 6.04 Å². The lowest BCUT2D eigenvalue weighted by molar-refractivity contribution is 1.10. The zero-order valence-electron chi connectivity index (χ0n) is 9.55. The third-order valence-electron chi connectivity index (χ3n) is 2.95. The average Bonchev–Trinajstić information content (AvgIpc) is 2.89. The van der Waals surface area contributed by atoms with Crippen LogP contribution in [0.25, 0.3) is 21.9 Å². The van der Waals surface area contributed by atoms with Gasteiger partial charge in [-0.2, -0.15) is 0 Å². The summed E-state index contributed by atoms with van der Waals surface area (Å²) in [5.74, 6) is 1.61. The summed E-state index contributed by atoms with van der Waals surface area (Å²) >= 11 is 1.64. The van der Waals surface area contributed by atoms with E-state index in [1.54, 1.807) is 17.7 Å². The van der Waals surface area contributed by atoms with Crippen molar-refractivity contribution in [1.29, 1.82) is 0 Å². The molecule has 0 bridgehead atoms. The number of nitrogens with zero attached hydrogens (tertiary/aromatic N) is 3. The molecule has 0 spiro atoms. The van der Waals surface area contributed by atoms with E-state index in [9.17, 15) is 0 Å². The van der Waals surface area contributed by atoms with Crippen molar-refractivity contribution < 1.29 is 0 Å². The summed E-state index contributed by atoms with van der Waals surface area (Å²) < 4.78 is 0. The van der Waals surface area contributed by atoms with Crippen LogP contribution in [0.3, 0.4) is 0 Å². The normalized spacial score (nSPS) is 15.1. The highest BCUT2D eigenvalue weighted by atomic mass is 32.1. The molecule has 0 unspecified atom stereocenters. The van der Waals surface area contributed by atoms with Gasteiger partial charge in [-0.1, -0.05) is 6.07 Å². The molecule has 0 atom stereocenters. The van der Waals surface area contributed by atoms with Gasteiger partial charge in [0.25, 0.3) is 0 Å². The first-order valence-electron chi connectivity index (χ1n) is 5.92. The van der Waals surface area contributed by atoms with E-state index in [-0.39, 0.29) is 0 Å². The highest BCUT2D eigenvalue weighted by molar-refractivity contribution is 7.13. The average molecular weight is 257 g/mol. The fraction of sp³-hybridized carbons (Fsp3) is 0.250. The Hall–Kier alpha value is -1.95. The molecule has 0 saturated heterocycles. The Morgan fingerprint density at radius 1 is 1.33 bits per heavy atom. The van der Waals surface area contributed by atoms with Crippen LogP contribution in [0.5, 0.6) is 0 Å². The molecule has 3 aromatic rings. The zero-order valence-corrected chi connectivity index (χ0v) is 10.4. The van der Waals surface area contributed by atoms with Gasteiger partial charge in [-0.25, -0.2) is 15.0 Å². The van der Waals surface area contributed by atoms with Gasteiger partial charge in [-0.3, -0.25) is 0 Å². The van der Waals surface area contributed by atoms with Crippen molar-refractivity contribution in [1.82, 2.24) is 19.9 Å².